The van der Waals surface area contributed by atoms with Gasteiger partial charge < -0.3 is 0 Å². The lowest BCUT2D eigenvalue weighted by Gasteiger charge is -2.28. The van der Waals surface area contributed by atoms with E-state index in [4.69, 9.17) is 0 Å². The maximum atomic E-state index is 13.2. The first-order chi connectivity index (χ1) is 6.34. The Bertz CT molecular complexity index is 326. The van der Waals surface area contributed by atoms with Gasteiger partial charge in [0.05, 0.1) is 0 Å². The van der Waals surface area contributed by atoms with Gasteiger partial charge in [-0.3, -0.25) is 0 Å². The number of hydrogen-bond acceptors (Lipinski definition) is 1. The molecule has 2 heteroatoms. The van der Waals surface area contributed by atoms with E-state index in [1.165, 1.54) is 0 Å². The predicted molar refractivity (Wildman–Crippen MR) is 56.8 cm³/mol. The normalized spacial score (nSPS) is 14.1. The van der Waals surface area contributed by atoms with E-state index >= 15 is 0 Å². The van der Waals surface area contributed by atoms with Crippen molar-refractivity contribution in [3.8, 4) is 0 Å². The van der Waals surface area contributed by atoms with Crippen LogP contribution in [0.3, 0.4) is 0 Å². The van der Waals surface area contributed by atoms with Crippen LogP contribution in [-0.4, -0.2) is 4.98 Å². The van der Waals surface area contributed by atoms with E-state index in [1.807, 2.05) is 6.07 Å². The molecule has 1 rings (SSSR count). The molecule has 0 bridgehead atoms. The largest absolute Gasteiger partial charge is 0.228 e. The second kappa shape index (κ2) is 3.68. The molecule has 78 valence electrons. The Morgan fingerprint density at radius 3 is 2.43 bits per heavy atom. The van der Waals surface area contributed by atoms with E-state index in [0.29, 0.717) is 11.5 Å². The van der Waals surface area contributed by atoms with Crippen molar-refractivity contribution in [2.24, 2.45) is 5.41 Å². The van der Waals surface area contributed by atoms with Crippen molar-refractivity contribution >= 4 is 0 Å². The van der Waals surface area contributed by atoms with E-state index in [9.17, 15) is 4.39 Å². The third-order valence-corrected chi connectivity index (χ3v) is 2.95. The molecule has 1 aromatic heterocycles. The van der Waals surface area contributed by atoms with Crippen LogP contribution in [0.1, 0.15) is 44.7 Å². The third-order valence-electron chi connectivity index (χ3n) is 2.95. The first-order valence-electron chi connectivity index (χ1n) is 4.95. The van der Waals surface area contributed by atoms with Crippen molar-refractivity contribution < 1.29 is 4.39 Å². The van der Waals surface area contributed by atoms with E-state index in [1.54, 1.807) is 13.1 Å². The van der Waals surface area contributed by atoms with E-state index in [0.717, 1.165) is 5.56 Å². The average molecular weight is 195 g/mol. The van der Waals surface area contributed by atoms with Crippen LogP contribution in [0.5, 0.6) is 0 Å². The van der Waals surface area contributed by atoms with Crippen molar-refractivity contribution in [1.29, 1.82) is 0 Å². The summed E-state index contributed by atoms with van der Waals surface area (Å²) >= 11 is 0. The van der Waals surface area contributed by atoms with Gasteiger partial charge in [0, 0.05) is 11.8 Å². The molecule has 0 saturated carbocycles. The van der Waals surface area contributed by atoms with Crippen LogP contribution in [0.4, 0.5) is 4.39 Å². The summed E-state index contributed by atoms with van der Waals surface area (Å²) in [5.74, 6) is -0.0152. The van der Waals surface area contributed by atoms with Gasteiger partial charge in [-0.15, -0.1) is 0 Å². The van der Waals surface area contributed by atoms with Crippen LogP contribution in [0, 0.1) is 18.3 Å². The second-order valence-electron chi connectivity index (χ2n) is 4.90. The summed E-state index contributed by atoms with van der Waals surface area (Å²) in [6, 6.07) is 1.91. The quantitative estimate of drug-likeness (QED) is 0.623. The molecule has 1 heterocycles. The number of halogens is 1. The standard InChI is InChI=1S/C12H18FN/c1-8-10(6-7-14-11(8)13)9(2)12(3,4)5/h6-7,9H,1-5H3. The fourth-order valence-electron chi connectivity index (χ4n) is 1.46. The molecule has 0 aliphatic rings. The van der Waals surface area contributed by atoms with Gasteiger partial charge in [0.25, 0.3) is 0 Å². The van der Waals surface area contributed by atoms with Crippen LogP contribution in [0.15, 0.2) is 12.3 Å². The van der Waals surface area contributed by atoms with E-state index < -0.39 is 0 Å². The summed E-state index contributed by atoms with van der Waals surface area (Å²) in [4.78, 5) is 3.64. The predicted octanol–water partition coefficient (Wildman–Crippen LogP) is 3.68. The molecule has 0 aliphatic carbocycles. The van der Waals surface area contributed by atoms with Crippen molar-refractivity contribution in [2.45, 2.75) is 40.5 Å². The van der Waals surface area contributed by atoms with Crippen molar-refractivity contribution in [3.63, 3.8) is 0 Å². The Kier molecular flexibility index (Phi) is 2.93. The SMILES string of the molecule is Cc1c(C(C)C(C)(C)C)ccnc1F. The van der Waals surface area contributed by atoms with Gasteiger partial charge in [-0.2, -0.15) is 4.39 Å². The minimum Gasteiger partial charge on any atom is -0.228 e. The van der Waals surface area contributed by atoms with E-state index in [2.05, 4.69) is 32.7 Å². The Morgan fingerprint density at radius 1 is 1.36 bits per heavy atom. The molecule has 0 radical (unpaired) electrons. The van der Waals surface area contributed by atoms with E-state index in [-0.39, 0.29) is 11.4 Å². The van der Waals surface area contributed by atoms with Crippen molar-refractivity contribution in [2.75, 3.05) is 0 Å². The highest BCUT2D eigenvalue weighted by Gasteiger charge is 2.23. The van der Waals surface area contributed by atoms with Crippen LogP contribution in [-0.2, 0) is 0 Å². The van der Waals surface area contributed by atoms with Crippen LogP contribution >= 0.6 is 0 Å². The molecule has 1 nitrogen and oxygen atoms in total. The molecule has 0 saturated heterocycles. The number of rotatable bonds is 1. The molecule has 0 N–H and O–H groups in total. The van der Waals surface area contributed by atoms with Gasteiger partial charge >= 0.3 is 0 Å². The summed E-state index contributed by atoms with van der Waals surface area (Å²) in [7, 11) is 0. The monoisotopic (exact) mass is 195 g/mol. The van der Waals surface area contributed by atoms with Crippen molar-refractivity contribution in [1.82, 2.24) is 4.98 Å². The second-order valence-corrected chi connectivity index (χ2v) is 4.90. The lowest BCUT2D eigenvalue weighted by molar-refractivity contribution is 0.337. The molecule has 0 aromatic carbocycles. The van der Waals surface area contributed by atoms with Gasteiger partial charge in [-0.05, 0) is 29.9 Å². The maximum absolute atomic E-state index is 13.2. The van der Waals surface area contributed by atoms with Gasteiger partial charge in [0.2, 0.25) is 5.95 Å². The number of pyridine rings is 1. The van der Waals surface area contributed by atoms with Crippen LogP contribution in [0.2, 0.25) is 0 Å². The van der Waals surface area contributed by atoms with Crippen molar-refractivity contribution in [3.05, 3.63) is 29.3 Å². The third kappa shape index (κ3) is 2.11. The molecule has 1 unspecified atom stereocenters. The van der Waals surface area contributed by atoms with Gasteiger partial charge in [0.1, 0.15) is 0 Å². The minimum atomic E-state index is -0.349. The number of aromatic nitrogens is 1. The molecule has 0 amide bonds. The summed E-state index contributed by atoms with van der Waals surface area (Å²) in [6.07, 6.45) is 1.54. The maximum Gasteiger partial charge on any atom is 0.216 e. The highest BCUT2D eigenvalue weighted by Crippen LogP contribution is 2.35. The fraction of sp³-hybridized carbons (Fsp3) is 0.583. The molecular formula is C12H18FN. The average Bonchev–Trinajstić information content (AvgIpc) is 2.07. The molecule has 0 spiro atoms. The fourth-order valence-corrected chi connectivity index (χ4v) is 1.46. The van der Waals surface area contributed by atoms with Crippen LogP contribution in [0.25, 0.3) is 0 Å². The molecule has 1 aromatic rings. The molecular weight excluding hydrogens is 177 g/mol. The summed E-state index contributed by atoms with van der Waals surface area (Å²) in [5.41, 5.74) is 1.89. The Balaban J connectivity index is 3.14. The zero-order valence-electron chi connectivity index (χ0n) is 9.56. The lowest BCUT2D eigenvalue weighted by atomic mass is 9.77. The topological polar surface area (TPSA) is 12.9 Å². The Morgan fingerprint density at radius 2 is 1.93 bits per heavy atom. The minimum absolute atomic E-state index is 0.151. The molecule has 1 atom stereocenters. The van der Waals surface area contributed by atoms with Gasteiger partial charge in [-0.1, -0.05) is 27.7 Å². The highest BCUT2D eigenvalue weighted by atomic mass is 19.1. The first-order valence-corrected chi connectivity index (χ1v) is 4.95. The smallest absolute Gasteiger partial charge is 0.216 e. The molecule has 0 aliphatic heterocycles. The highest BCUT2D eigenvalue weighted by molar-refractivity contribution is 5.27. The Hall–Kier alpha value is -0.920. The summed E-state index contributed by atoms with van der Waals surface area (Å²) in [5, 5.41) is 0. The summed E-state index contributed by atoms with van der Waals surface area (Å²) < 4.78 is 13.2. The van der Waals surface area contributed by atoms with Gasteiger partial charge in [-0.25, -0.2) is 4.98 Å². The molecule has 14 heavy (non-hydrogen) atoms. The lowest BCUT2D eigenvalue weighted by Crippen LogP contribution is -2.16. The molecule has 0 fully saturated rings. The first kappa shape index (κ1) is 11.2. The summed E-state index contributed by atoms with van der Waals surface area (Å²) in [6.45, 7) is 10.4. The Labute approximate surface area is 85.4 Å². The zero-order valence-corrected chi connectivity index (χ0v) is 9.56. The van der Waals surface area contributed by atoms with Crippen LogP contribution < -0.4 is 0 Å². The van der Waals surface area contributed by atoms with Gasteiger partial charge in [0.15, 0.2) is 0 Å². The number of nitrogens with zero attached hydrogens (tertiary/aromatic N) is 1. The zero-order chi connectivity index (χ0) is 10.9. The number of hydrogen-bond donors (Lipinski definition) is 0.